The van der Waals surface area contributed by atoms with E-state index in [1.54, 1.807) is 26.4 Å². The molecule has 0 bridgehead atoms. The highest BCUT2D eigenvalue weighted by Crippen LogP contribution is 2.29. The number of rotatable bonds is 8. The van der Waals surface area contributed by atoms with E-state index in [0.29, 0.717) is 6.54 Å². The number of nitrogens with one attached hydrogen (secondary N) is 2. The zero-order valence-corrected chi connectivity index (χ0v) is 19.2. The Morgan fingerprint density at radius 1 is 1.14 bits per heavy atom. The highest BCUT2D eigenvalue weighted by molar-refractivity contribution is 14.0. The van der Waals surface area contributed by atoms with Gasteiger partial charge in [0, 0.05) is 18.7 Å². The van der Waals surface area contributed by atoms with Gasteiger partial charge >= 0.3 is 0 Å². The van der Waals surface area contributed by atoms with Gasteiger partial charge in [0.15, 0.2) is 5.96 Å². The summed E-state index contributed by atoms with van der Waals surface area (Å²) in [5.74, 6) is 2.59. The summed E-state index contributed by atoms with van der Waals surface area (Å²) < 4.78 is 10.8. The third-order valence-electron chi connectivity index (χ3n) is 4.18. The van der Waals surface area contributed by atoms with E-state index in [1.165, 1.54) is 0 Å². The van der Waals surface area contributed by atoms with Gasteiger partial charge in [0.2, 0.25) is 0 Å². The number of aliphatic imine (C=N–C) groups is 1. The highest BCUT2D eigenvalue weighted by Gasteiger charge is 2.14. The normalized spacial score (nSPS) is 11.9. The Morgan fingerprint density at radius 3 is 2.57 bits per heavy atom. The van der Waals surface area contributed by atoms with Gasteiger partial charge in [-0.15, -0.1) is 24.0 Å². The van der Waals surface area contributed by atoms with Crippen LogP contribution in [-0.2, 0) is 6.42 Å². The average molecular weight is 499 g/mol. The van der Waals surface area contributed by atoms with E-state index in [1.807, 2.05) is 37.3 Å². The van der Waals surface area contributed by atoms with E-state index in [-0.39, 0.29) is 35.8 Å². The minimum absolute atomic E-state index is 0. The number of hydrogen-bond donors (Lipinski definition) is 3. The molecule has 0 heterocycles. The second kappa shape index (κ2) is 12.3. The first kappa shape index (κ1) is 23.9. The van der Waals surface area contributed by atoms with E-state index >= 15 is 0 Å². The van der Waals surface area contributed by atoms with E-state index in [9.17, 15) is 5.11 Å². The van der Waals surface area contributed by atoms with Gasteiger partial charge in [-0.1, -0.05) is 12.1 Å². The van der Waals surface area contributed by atoms with Crippen molar-refractivity contribution in [2.45, 2.75) is 26.3 Å². The van der Waals surface area contributed by atoms with Gasteiger partial charge in [0.25, 0.3) is 0 Å². The lowest BCUT2D eigenvalue weighted by atomic mass is 10.1. The molecule has 28 heavy (non-hydrogen) atoms. The Labute approximate surface area is 184 Å². The van der Waals surface area contributed by atoms with E-state index in [4.69, 9.17) is 9.47 Å². The fourth-order valence-electron chi connectivity index (χ4n) is 2.79. The lowest BCUT2D eigenvalue weighted by Gasteiger charge is -2.20. The largest absolute Gasteiger partial charge is 0.508 e. The first-order valence-electron chi connectivity index (χ1n) is 9.12. The summed E-state index contributed by atoms with van der Waals surface area (Å²) in [6.45, 7) is 5.46. The molecule has 0 aliphatic rings. The van der Waals surface area contributed by atoms with Crippen LogP contribution in [0.15, 0.2) is 47.5 Å². The molecule has 0 amide bonds. The minimum Gasteiger partial charge on any atom is -0.508 e. The molecule has 1 atom stereocenters. The van der Waals surface area contributed by atoms with Crippen molar-refractivity contribution in [2.75, 3.05) is 27.3 Å². The maximum atomic E-state index is 9.56. The number of guanidine groups is 1. The maximum Gasteiger partial charge on any atom is 0.191 e. The van der Waals surface area contributed by atoms with Crippen LogP contribution in [0.1, 0.15) is 31.0 Å². The zero-order valence-electron chi connectivity index (χ0n) is 16.9. The Hall–Kier alpha value is -2.16. The second-order valence-electron chi connectivity index (χ2n) is 6.15. The predicted octanol–water partition coefficient (Wildman–Crippen LogP) is 3.89. The summed E-state index contributed by atoms with van der Waals surface area (Å²) in [5.41, 5.74) is 2.05. The molecule has 1 unspecified atom stereocenters. The molecule has 7 heteroatoms. The van der Waals surface area contributed by atoms with Crippen LogP contribution < -0.4 is 20.1 Å². The van der Waals surface area contributed by atoms with Crippen LogP contribution in [0.5, 0.6) is 17.2 Å². The molecule has 0 radical (unpaired) electrons. The monoisotopic (exact) mass is 499 g/mol. The van der Waals surface area contributed by atoms with E-state index in [0.717, 1.165) is 41.6 Å². The topological polar surface area (TPSA) is 75.1 Å². The molecular formula is C21H30IN3O3. The van der Waals surface area contributed by atoms with Gasteiger partial charge in [-0.25, -0.2) is 0 Å². The van der Waals surface area contributed by atoms with Crippen LogP contribution in [0.4, 0.5) is 0 Å². The molecule has 0 aliphatic carbocycles. The zero-order chi connectivity index (χ0) is 19.6. The van der Waals surface area contributed by atoms with Crippen molar-refractivity contribution in [3.63, 3.8) is 0 Å². The third kappa shape index (κ3) is 7.10. The van der Waals surface area contributed by atoms with Crippen LogP contribution in [0.25, 0.3) is 0 Å². The first-order chi connectivity index (χ1) is 13.1. The van der Waals surface area contributed by atoms with Gasteiger partial charge in [0.1, 0.15) is 17.2 Å². The number of hydrogen-bond acceptors (Lipinski definition) is 4. The molecule has 0 aromatic heterocycles. The highest BCUT2D eigenvalue weighted by atomic mass is 127. The third-order valence-corrected chi connectivity index (χ3v) is 4.18. The summed E-state index contributed by atoms with van der Waals surface area (Å²) in [6, 6.07) is 13.0. The number of methoxy groups -OCH3 is 2. The fraction of sp³-hybridized carbons (Fsp3) is 0.381. The fourth-order valence-corrected chi connectivity index (χ4v) is 2.79. The molecule has 2 rings (SSSR count). The van der Waals surface area contributed by atoms with Crippen LogP contribution >= 0.6 is 24.0 Å². The van der Waals surface area contributed by atoms with Crippen molar-refractivity contribution in [1.29, 1.82) is 0 Å². The summed E-state index contributed by atoms with van der Waals surface area (Å²) in [7, 11) is 3.31. The van der Waals surface area contributed by atoms with Gasteiger partial charge < -0.3 is 25.2 Å². The SMILES string of the molecule is CCNC(=NCCc1cccc(O)c1)NC(C)c1cc(OC)ccc1OC.I. The molecule has 2 aromatic rings. The number of ether oxygens (including phenoxy) is 2. The first-order valence-corrected chi connectivity index (χ1v) is 9.12. The maximum absolute atomic E-state index is 9.56. The molecule has 154 valence electrons. The van der Waals surface area contributed by atoms with Crippen molar-refractivity contribution in [3.05, 3.63) is 53.6 Å². The van der Waals surface area contributed by atoms with Crippen molar-refractivity contribution in [3.8, 4) is 17.2 Å². The quantitative estimate of drug-likeness (QED) is 0.292. The van der Waals surface area contributed by atoms with Crippen LogP contribution in [-0.4, -0.2) is 38.4 Å². The smallest absolute Gasteiger partial charge is 0.191 e. The Bertz CT molecular complexity index is 768. The molecule has 6 nitrogen and oxygen atoms in total. The Kier molecular flexibility index (Phi) is 10.5. The Morgan fingerprint density at radius 2 is 1.93 bits per heavy atom. The van der Waals surface area contributed by atoms with E-state index in [2.05, 4.69) is 22.5 Å². The van der Waals surface area contributed by atoms with Crippen molar-refractivity contribution in [2.24, 2.45) is 4.99 Å². The van der Waals surface area contributed by atoms with Crippen molar-refractivity contribution < 1.29 is 14.6 Å². The summed E-state index contributed by atoms with van der Waals surface area (Å²) in [6.07, 6.45) is 0.752. The average Bonchev–Trinajstić information content (AvgIpc) is 2.67. The molecule has 0 fully saturated rings. The van der Waals surface area contributed by atoms with Gasteiger partial charge in [-0.05, 0) is 56.2 Å². The van der Waals surface area contributed by atoms with Crippen molar-refractivity contribution >= 4 is 29.9 Å². The lowest BCUT2D eigenvalue weighted by Crippen LogP contribution is -2.39. The molecule has 0 aliphatic heterocycles. The predicted molar refractivity (Wildman–Crippen MR) is 124 cm³/mol. The number of phenols is 1. The second-order valence-corrected chi connectivity index (χ2v) is 6.15. The standard InChI is InChI=1S/C21H29N3O3.HI/c1-5-22-21(23-12-11-16-7-6-8-17(25)13-16)24-15(2)19-14-18(26-3)9-10-20(19)27-4;/h6-10,13-15,25H,5,11-12H2,1-4H3,(H2,22,23,24);1H. The molecule has 0 saturated carbocycles. The van der Waals surface area contributed by atoms with Crippen LogP contribution in [0.2, 0.25) is 0 Å². The lowest BCUT2D eigenvalue weighted by molar-refractivity contribution is 0.394. The molecule has 2 aromatic carbocycles. The summed E-state index contributed by atoms with van der Waals surface area (Å²) in [4.78, 5) is 4.64. The van der Waals surface area contributed by atoms with Crippen molar-refractivity contribution in [1.82, 2.24) is 10.6 Å². The van der Waals surface area contributed by atoms with Crippen LogP contribution in [0, 0.1) is 0 Å². The molecule has 0 spiro atoms. The summed E-state index contributed by atoms with van der Waals surface area (Å²) in [5, 5.41) is 16.2. The summed E-state index contributed by atoms with van der Waals surface area (Å²) >= 11 is 0. The Balaban J connectivity index is 0.00000392. The van der Waals surface area contributed by atoms with Gasteiger partial charge in [-0.2, -0.15) is 0 Å². The molecule has 3 N–H and O–H groups in total. The molecule has 0 saturated heterocycles. The molecular weight excluding hydrogens is 469 g/mol. The number of benzene rings is 2. The van der Waals surface area contributed by atoms with Gasteiger partial charge in [-0.3, -0.25) is 4.99 Å². The minimum atomic E-state index is -0.0198. The number of aromatic hydroxyl groups is 1. The van der Waals surface area contributed by atoms with Crippen LogP contribution in [0.3, 0.4) is 0 Å². The van der Waals surface area contributed by atoms with E-state index < -0.39 is 0 Å². The number of nitrogens with zero attached hydrogens (tertiary/aromatic N) is 1. The van der Waals surface area contributed by atoms with Gasteiger partial charge in [0.05, 0.1) is 20.3 Å². The number of halogens is 1. The number of phenolic OH excluding ortho intramolecular Hbond substituents is 1.